The van der Waals surface area contributed by atoms with Gasteiger partial charge in [-0.05, 0) is 12.1 Å². The third-order valence-corrected chi connectivity index (χ3v) is 1.76. The van der Waals surface area contributed by atoms with Crippen molar-refractivity contribution in [2.75, 3.05) is 25.6 Å². The van der Waals surface area contributed by atoms with E-state index in [2.05, 4.69) is 5.32 Å². The van der Waals surface area contributed by atoms with Gasteiger partial charge < -0.3 is 10.1 Å². The molecule has 1 aromatic carbocycles. The van der Waals surface area contributed by atoms with E-state index >= 15 is 0 Å². The van der Waals surface area contributed by atoms with E-state index in [4.69, 9.17) is 10.00 Å². The predicted octanol–water partition coefficient (Wildman–Crippen LogP) is 1.95. The van der Waals surface area contributed by atoms with Crippen LogP contribution in [0.4, 0.5) is 10.1 Å². The fourth-order valence-electron chi connectivity index (χ4n) is 1.15. The zero-order valence-electron chi connectivity index (χ0n) is 7.88. The molecule has 0 radical (unpaired) electrons. The molecule has 0 amide bonds. The molecule has 0 aromatic heterocycles. The number of nitrogens with one attached hydrogen (secondary N) is 1. The maximum atomic E-state index is 12.0. The second-order valence-corrected chi connectivity index (χ2v) is 2.61. The zero-order chi connectivity index (χ0) is 10.4. The Balaban J connectivity index is 3.01. The molecule has 1 N–H and O–H groups in total. The normalized spacial score (nSPS) is 9.21. The number of para-hydroxylation sites is 1. The SMILES string of the molecule is COc1cccc(C#N)c1NCCF. The number of rotatable bonds is 4. The molecule has 1 aromatic rings. The van der Waals surface area contributed by atoms with Crippen LogP contribution in [0.3, 0.4) is 0 Å². The van der Waals surface area contributed by atoms with Crippen molar-refractivity contribution in [3.05, 3.63) is 23.8 Å². The van der Waals surface area contributed by atoms with Gasteiger partial charge in [-0.3, -0.25) is 0 Å². The molecule has 0 aliphatic rings. The van der Waals surface area contributed by atoms with Crippen LogP contribution in [-0.4, -0.2) is 20.3 Å². The molecule has 0 atom stereocenters. The Labute approximate surface area is 82.1 Å². The van der Waals surface area contributed by atoms with Gasteiger partial charge in [0.2, 0.25) is 0 Å². The minimum absolute atomic E-state index is 0.176. The number of benzene rings is 1. The maximum absolute atomic E-state index is 12.0. The van der Waals surface area contributed by atoms with E-state index in [9.17, 15) is 4.39 Å². The van der Waals surface area contributed by atoms with Crippen molar-refractivity contribution in [2.24, 2.45) is 0 Å². The third kappa shape index (κ3) is 2.13. The summed E-state index contributed by atoms with van der Waals surface area (Å²) in [5.41, 5.74) is 1.01. The van der Waals surface area contributed by atoms with Crippen LogP contribution in [0.5, 0.6) is 5.75 Å². The van der Waals surface area contributed by atoms with E-state index in [0.29, 0.717) is 17.0 Å². The van der Waals surface area contributed by atoms with Crippen LogP contribution < -0.4 is 10.1 Å². The molecule has 0 heterocycles. The van der Waals surface area contributed by atoms with E-state index in [1.807, 2.05) is 6.07 Å². The Morgan fingerprint density at radius 3 is 2.93 bits per heavy atom. The average Bonchev–Trinajstić information content (AvgIpc) is 2.25. The fourth-order valence-corrected chi connectivity index (χ4v) is 1.15. The van der Waals surface area contributed by atoms with Crippen molar-refractivity contribution in [1.82, 2.24) is 0 Å². The number of alkyl halides is 1. The number of ether oxygens (including phenoxy) is 1. The summed E-state index contributed by atoms with van der Waals surface area (Å²) >= 11 is 0. The van der Waals surface area contributed by atoms with Gasteiger partial charge in [-0.1, -0.05) is 6.07 Å². The molecular weight excluding hydrogens is 183 g/mol. The molecule has 74 valence electrons. The molecule has 0 aliphatic heterocycles. The lowest BCUT2D eigenvalue weighted by Gasteiger charge is -2.10. The Morgan fingerprint density at radius 1 is 1.57 bits per heavy atom. The van der Waals surface area contributed by atoms with Gasteiger partial charge in [0.05, 0.1) is 18.4 Å². The molecule has 1 rings (SSSR count). The summed E-state index contributed by atoms with van der Waals surface area (Å²) in [5.74, 6) is 0.553. The highest BCUT2D eigenvalue weighted by atomic mass is 19.1. The van der Waals surface area contributed by atoms with Gasteiger partial charge in [-0.15, -0.1) is 0 Å². The maximum Gasteiger partial charge on any atom is 0.143 e. The lowest BCUT2D eigenvalue weighted by atomic mass is 10.2. The van der Waals surface area contributed by atoms with Crippen molar-refractivity contribution in [3.63, 3.8) is 0 Å². The van der Waals surface area contributed by atoms with E-state index in [-0.39, 0.29) is 6.54 Å². The van der Waals surface area contributed by atoms with Gasteiger partial charge in [0.15, 0.2) is 0 Å². The smallest absolute Gasteiger partial charge is 0.143 e. The Bertz CT molecular complexity index is 346. The minimum Gasteiger partial charge on any atom is -0.495 e. The minimum atomic E-state index is -0.483. The third-order valence-electron chi connectivity index (χ3n) is 1.76. The van der Waals surface area contributed by atoms with Crippen molar-refractivity contribution in [1.29, 1.82) is 5.26 Å². The first-order chi connectivity index (χ1) is 6.83. The topological polar surface area (TPSA) is 45.0 Å². The molecular formula is C10H11FN2O. The van der Waals surface area contributed by atoms with Gasteiger partial charge in [0, 0.05) is 6.54 Å². The predicted molar refractivity (Wildman–Crippen MR) is 52.2 cm³/mol. The van der Waals surface area contributed by atoms with Gasteiger partial charge >= 0.3 is 0 Å². The Hall–Kier alpha value is -1.76. The number of anilines is 1. The summed E-state index contributed by atoms with van der Waals surface area (Å²) in [6.45, 7) is -0.308. The molecule has 14 heavy (non-hydrogen) atoms. The van der Waals surface area contributed by atoms with Crippen LogP contribution in [0, 0.1) is 11.3 Å². The summed E-state index contributed by atoms with van der Waals surface area (Å²) in [4.78, 5) is 0. The molecule has 0 saturated carbocycles. The van der Waals surface area contributed by atoms with Crippen molar-refractivity contribution in [3.8, 4) is 11.8 Å². The molecule has 0 bridgehead atoms. The van der Waals surface area contributed by atoms with Crippen molar-refractivity contribution < 1.29 is 9.13 Å². The highest BCUT2D eigenvalue weighted by molar-refractivity contribution is 5.66. The van der Waals surface area contributed by atoms with Gasteiger partial charge in [0.25, 0.3) is 0 Å². The van der Waals surface area contributed by atoms with E-state index in [0.717, 1.165) is 0 Å². The molecule has 0 unspecified atom stereocenters. The van der Waals surface area contributed by atoms with Crippen LogP contribution in [0.15, 0.2) is 18.2 Å². The number of halogens is 1. The van der Waals surface area contributed by atoms with Crippen molar-refractivity contribution in [2.45, 2.75) is 0 Å². The molecule has 0 fully saturated rings. The number of methoxy groups -OCH3 is 1. The standard InChI is InChI=1S/C10H11FN2O/c1-14-9-4-2-3-8(7-12)10(9)13-6-5-11/h2-4,13H,5-6H2,1H3. The molecule has 3 nitrogen and oxygen atoms in total. The van der Waals surface area contributed by atoms with E-state index in [1.54, 1.807) is 18.2 Å². The quantitative estimate of drug-likeness (QED) is 0.796. The van der Waals surface area contributed by atoms with Crippen LogP contribution in [0.1, 0.15) is 5.56 Å². The molecule has 0 spiro atoms. The number of hydrogen-bond donors (Lipinski definition) is 1. The van der Waals surface area contributed by atoms with Gasteiger partial charge in [0.1, 0.15) is 18.5 Å². The zero-order valence-corrected chi connectivity index (χ0v) is 7.88. The molecule has 4 heteroatoms. The Kier molecular flexibility index (Phi) is 3.74. The van der Waals surface area contributed by atoms with E-state index in [1.165, 1.54) is 7.11 Å². The van der Waals surface area contributed by atoms with E-state index < -0.39 is 6.67 Å². The first-order valence-electron chi connectivity index (χ1n) is 4.20. The summed E-state index contributed by atoms with van der Waals surface area (Å²) in [6, 6.07) is 7.11. The van der Waals surface area contributed by atoms with Crippen LogP contribution in [-0.2, 0) is 0 Å². The largest absolute Gasteiger partial charge is 0.495 e. The number of nitrogens with zero attached hydrogens (tertiary/aromatic N) is 1. The summed E-state index contributed by atoms with van der Waals surface area (Å²) in [5, 5.41) is 11.6. The summed E-state index contributed by atoms with van der Waals surface area (Å²) in [6.07, 6.45) is 0. The van der Waals surface area contributed by atoms with Crippen molar-refractivity contribution >= 4 is 5.69 Å². The number of nitriles is 1. The fraction of sp³-hybridized carbons (Fsp3) is 0.300. The lowest BCUT2D eigenvalue weighted by Crippen LogP contribution is -2.06. The highest BCUT2D eigenvalue weighted by Crippen LogP contribution is 2.27. The van der Waals surface area contributed by atoms with Crippen LogP contribution >= 0.6 is 0 Å². The second kappa shape index (κ2) is 5.07. The summed E-state index contributed by atoms with van der Waals surface area (Å²) < 4.78 is 17.0. The summed E-state index contributed by atoms with van der Waals surface area (Å²) in [7, 11) is 1.51. The average molecular weight is 194 g/mol. The van der Waals surface area contributed by atoms with Crippen LogP contribution in [0.2, 0.25) is 0 Å². The lowest BCUT2D eigenvalue weighted by molar-refractivity contribution is 0.416. The highest BCUT2D eigenvalue weighted by Gasteiger charge is 2.07. The van der Waals surface area contributed by atoms with Gasteiger partial charge in [-0.2, -0.15) is 5.26 Å². The van der Waals surface area contributed by atoms with Gasteiger partial charge in [-0.25, -0.2) is 4.39 Å². The molecule has 0 saturated heterocycles. The first-order valence-corrected chi connectivity index (χ1v) is 4.20. The monoisotopic (exact) mass is 194 g/mol. The van der Waals surface area contributed by atoms with Crippen LogP contribution in [0.25, 0.3) is 0 Å². The Morgan fingerprint density at radius 2 is 2.36 bits per heavy atom. The first kappa shape index (κ1) is 10.3. The number of hydrogen-bond acceptors (Lipinski definition) is 3. The second-order valence-electron chi connectivity index (χ2n) is 2.61. The molecule has 0 aliphatic carbocycles.